The maximum atomic E-state index is 11.0. The summed E-state index contributed by atoms with van der Waals surface area (Å²) in [6.45, 7) is 4.03. The van der Waals surface area contributed by atoms with Gasteiger partial charge in [-0.3, -0.25) is 0 Å². The van der Waals surface area contributed by atoms with Crippen molar-refractivity contribution in [3.05, 3.63) is 58.7 Å². The molecule has 2 N–H and O–H groups in total. The van der Waals surface area contributed by atoms with Crippen molar-refractivity contribution >= 4 is 22.5 Å². The van der Waals surface area contributed by atoms with E-state index in [2.05, 4.69) is 10.2 Å². The summed E-state index contributed by atoms with van der Waals surface area (Å²) in [5.74, 6) is 1.00. The zero-order valence-corrected chi connectivity index (χ0v) is 14.1. The van der Waals surface area contributed by atoms with E-state index < -0.39 is 10.3 Å². The number of aryl methyl sites for hydroxylation is 1. The van der Waals surface area contributed by atoms with Gasteiger partial charge in [0.05, 0.1) is 7.11 Å². The number of methoxy groups -OCH3 is 1. The van der Waals surface area contributed by atoms with E-state index in [4.69, 9.17) is 9.88 Å². The fourth-order valence-electron chi connectivity index (χ4n) is 2.16. The molecule has 0 saturated heterocycles. The summed E-state index contributed by atoms with van der Waals surface area (Å²) in [6, 6.07) is 10.7. The van der Waals surface area contributed by atoms with Gasteiger partial charge in [0, 0.05) is 0 Å². The summed E-state index contributed by atoms with van der Waals surface area (Å²) in [4.78, 5) is 0. The van der Waals surface area contributed by atoms with Crippen molar-refractivity contribution in [2.24, 2.45) is 5.14 Å². The number of hydrogen-bond acceptors (Lipinski definition) is 4. The van der Waals surface area contributed by atoms with Crippen molar-refractivity contribution in [2.75, 3.05) is 7.11 Å². The Labute approximate surface area is 136 Å². The molecule has 0 aliphatic heterocycles. The summed E-state index contributed by atoms with van der Waals surface area (Å²) in [5.41, 5.74) is 4.02. The third kappa shape index (κ3) is 4.84. The minimum absolute atomic E-state index is 0.173. The van der Waals surface area contributed by atoms with E-state index in [1.807, 2.05) is 38.1 Å². The van der Waals surface area contributed by atoms with E-state index in [9.17, 15) is 8.42 Å². The van der Waals surface area contributed by atoms with Crippen molar-refractivity contribution in [3.63, 3.8) is 0 Å². The van der Waals surface area contributed by atoms with E-state index in [-0.39, 0.29) is 5.75 Å². The average Bonchev–Trinajstić information content (AvgIpc) is 2.47. The van der Waals surface area contributed by atoms with E-state index in [1.165, 1.54) is 6.07 Å². The highest BCUT2D eigenvalue weighted by atomic mass is 32.2. The highest BCUT2D eigenvalue weighted by Gasteiger charge is 2.05. The lowest BCUT2D eigenvalue weighted by Gasteiger charge is -2.09. The minimum atomic E-state index is -4.02. The van der Waals surface area contributed by atoms with Gasteiger partial charge in [0.1, 0.15) is 11.5 Å². The first kappa shape index (κ1) is 17.1. The predicted octanol–water partition coefficient (Wildman–Crippen LogP) is 3.06. The van der Waals surface area contributed by atoms with Crippen LogP contribution in [0.15, 0.2) is 36.4 Å². The summed E-state index contributed by atoms with van der Waals surface area (Å²) in [7, 11) is -2.38. The molecule has 0 unspecified atom stereocenters. The largest absolute Gasteiger partial charge is 0.496 e. The molecule has 0 heterocycles. The Bertz CT molecular complexity index is 842. The van der Waals surface area contributed by atoms with Gasteiger partial charge in [0.25, 0.3) is 0 Å². The molecule has 2 aromatic carbocycles. The van der Waals surface area contributed by atoms with Gasteiger partial charge in [-0.2, -0.15) is 13.6 Å². The summed E-state index contributed by atoms with van der Waals surface area (Å²) < 4.78 is 31.9. The third-order valence-electron chi connectivity index (χ3n) is 3.40. The van der Waals surface area contributed by atoms with Crippen molar-refractivity contribution in [3.8, 4) is 11.5 Å². The van der Waals surface area contributed by atoms with Crippen molar-refractivity contribution < 1.29 is 17.3 Å². The second kappa shape index (κ2) is 6.85. The van der Waals surface area contributed by atoms with Crippen LogP contribution in [0.4, 0.5) is 0 Å². The summed E-state index contributed by atoms with van der Waals surface area (Å²) in [6.07, 6.45) is 3.78. The third-order valence-corrected chi connectivity index (χ3v) is 3.83. The number of rotatable bonds is 5. The van der Waals surface area contributed by atoms with Crippen LogP contribution in [-0.4, -0.2) is 15.5 Å². The molecule has 2 rings (SSSR count). The van der Waals surface area contributed by atoms with Gasteiger partial charge >= 0.3 is 10.3 Å². The lowest BCUT2D eigenvalue weighted by molar-refractivity contribution is 0.411. The van der Waals surface area contributed by atoms with Crippen molar-refractivity contribution in [2.45, 2.75) is 13.8 Å². The van der Waals surface area contributed by atoms with E-state index in [0.29, 0.717) is 0 Å². The fraction of sp³-hybridized carbons (Fsp3) is 0.176. The van der Waals surface area contributed by atoms with E-state index in [1.54, 1.807) is 19.2 Å². The Morgan fingerprint density at radius 2 is 1.74 bits per heavy atom. The molecular weight excluding hydrogens is 314 g/mol. The Hall–Kier alpha value is -2.31. The van der Waals surface area contributed by atoms with E-state index >= 15 is 0 Å². The second-order valence-electron chi connectivity index (χ2n) is 5.15. The van der Waals surface area contributed by atoms with Crippen molar-refractivity contribution in [1.82, 2.24) is 0 Å². The van der Waals surface area contributed by atoms with Crippen LogP contribution in [0.1, 0.15) is 22.3 Å². The normalized spacial score (nSPS) is 11.7. The van der Waals surface area contributed by atoms with Gasteiger partial charge in [-0.25, -0.2) is 0 Å². The number of hydrogen-bond donors (Lipinski definition) is 1. The van der Waals surface area contributed by atoms with Gasteiger partial charge in [-0.05, 0) is 54.3 Å². The van der Waals surface area contributed by atoms with Gasteiger partial charge < -0.3 is 8.92 Å². The molecule has 122 valence electrons. The Morgan fingerprint density at radius 3 is 2.39 bits per heavy atom. The molecular formula is C17H19NO4S. The molecule has 0 aromatic heterocycles. The van der Waals surface area contributed by atoms with Gasteiger partial charge in [0.15, 0.2) is 0 Å². The van der Waals surface area contributed by atoms with Crippen LogP contribution in [0.25, 0.3) is 12.2 Å². The minimum Gasteiger partial charge on any atom is -0.496 e. The molecule has 6 heteroatoms. The first-order chi connectivity index (χ1) is 10.8. The Balaban J connectivity index is 2.27. The first-order valence-corrected chi connectivity index (χ1v) is 8.41. The van der Waals surface area contributed by atoms with Crippen LogP contribution in [0, 0.1) is 13.8 Å². The molecule has 0 radical (unpaired) electrons. The van der Waals surface area contributed by atoms with Gasteiger partial charge in [-0.1, -0.05) is 30.4 Å². The van der Waals surface area contributed by atoms with Crippen LogP contribution in [0.2, 0.25) is 0 Å². The smallest absolute Gasteiger partial charge is 0.380 e. The predicted molar refractivity (Wildman–Crippen MR) is 91.6 cm³/mol. The first-order valence-electron chi connectivity index (χ1n) is 6.94. The topological polar surface area (TPSA) is 78.6 Å². The van der Waals surface area contributed by atoms with E-state index in [0.717, 1.165) is 28.0 Å². The molecule has 5 nitrogen and oxygen atoms in total. The van der Waals surface area contributed by atoms with Crippen LogP contribution in [-0.2, 0) is 10.3 Å². The number of benzene rings is 2. The highest BCUT2D eigenvalue weighted by molar-refractivity contribution is 7.84. The van der Waals surface area contributed by atoms with Crippen LogP contribution in [0.5, 0.6) is 11.5 Å². The molecule has 0 aliphatic carbocycles. The van der Waals surface area contributed by atoms with Crippen LogP contribution < -0.4 is 14.1 Å². The molecule has 0 spiro atoms. The molecule has 0 fully saturated rings. The standard InChI is InChI=1S/C17H19NO4S/c1-12-9-15(11-17(21-3)13(12)2)8-7-14-5-4-6-16(10-14)22-23(18,19)20/h4-11H,1-3H3,(H2,18,19,20)/b8-7-. The quantitative estimate of drug-likeness (QED) is 0.853. The molecule has 23 heavy (non-hydrogen) atoms. The zero-order valence-electron chi connectivity index (χ0n) is 13.2. The highest BCUT2D eigenvalue weighted by Crippen LogP contribution is 2.24. The van der Waals surface area contributed by atoms with Crippen molar-refractivity contribution in [1.29, 1.82) is 0 Å². The SMILES string of the molecule is COc1cc(/C=C\c2cccc(OS(N)(=O)=O)c2)cc(C)c1C. The maximum Gasteiger partial charge on any atom is 0.380 e. The zero-order chi connectivity index (χ0) is 17.0. The monoisotopic (exact) mass is 333 g/mol. The van der Waals surface area contributed by atoms with Crippen LogP contribution in [0.3, 0.4) is 0 Å². The van der Waals surface area contributed by atoms with Crippen LogP contribution >= 0.6 is 0 Å². The fourth-order valence-corrected chi connectivity index (χ4v) is 2.53. The number of nitrogens with two attached hydrogens (primary N) is 1. The Morgan fingerprint density at radius 1 is 1.04 bits per heavy atom. The average molecular weight is 333 g/mol. The molecule has 0 amide bonds. The molecule has 0 saturated carbocycles. The van der Waals surface area contributed by atoms with Gasteiger partial charge in [-0.15, -0.1) is 0 Å². The Kier molecular flexibility index (Phi) is 5.08. The lowest BCUT2D eigenvalue weighted by atomic mass is 10.0. The lowest BCUT2D eigenvalue weighted by Crippen LogP contribution is -2.18. The van der Waals surface area contributed by atoms with Gasteiger partial charge in [0.2, 0.25) is 0 Å². The number of ether oxygens (including phenoxy) is 1. The molecule has 0 aliphatic rings. The maximum absolute atomic E-state index is 11.0. The summed E-state index contributed by atoms with van der Waals surface area (Å²) in [5, 5.41) is 4.86. The summed E-state index contributed by atoms with van der Waals surface area (Å²) >= 11 is 0. The molecule has 2 aromatic rings. The molecule has 0 atom stereocenters. The second-order valence-corrected chi connectivity index (χ2v) is 6.30. The molecule has 0 bridgehead atoms.